The third kappa shape index (κ3) is 17.6. The molecular weight excluding hydrogens is 320 g/mol. The SMILES string of the molecule is C/N=N/N=N/N=N/N=N/N=N/N=N/N=N/N=N/N=N/N=N/N=N. The van der Waals surface area contributed by atoms with Gasteiger partial charge in [0.25, 0.3) is 0 Å². The Bertz CT molecular complexity index is 571. The highest BCUT2D eigenvalue weighted by molar-refractivity contribution is 4.14. The number of hydrogen-bond donors (Lipinski definition) is 1. The largest absolute Gasteiger partial charge is 0.183 e. The zero-order valence-electron chi connectivity index (χ0n) is 10.9. The molecule has 0 saturated carbocycles. The van der Waals surface area contributed by atoms with Crippen molar-refractivity contribution in [3.63, 3.8) is 0 Å². The molecule has 0 radical (unpaired) electrons. The third-order valence-corrected chi connectivity index (χ3v) is 0.854. The zero-order chi connectivity index (χ0) is 16.8. The molecule has 0 aromatic carbocycles. The number of hydrogen-bond acceptors (Lipinski definition) is 2. The molecular formula is CH4N22. The minimum absolute atomic E-state index is 1.39. The Morgan fingerprint density at radius 2 is 0.565 bits per heavy atom. The highest BCUT2D eigenvalue weighted by atomic mass is 15.7. The summed E-state index contributed by atoms with van der Waals surface area (Å²) in [5.41, 5.74) is 6.21. The van der Waals surface area contributed by atoms with E-state index >= 15 is 0 Å². The standard InChI is InChI=1S/CH4N22/c1-3-5-7-9-11-13-15-17-19-21-23-22-20-18-16-14-12-10-8-6-4-2/h2H,1H3/b4-2?,5-3+,8-6+,9-7+,12-10+,13-11+,16-14+,17-15+,20-18+,21-19+,23-22+. The minimum Gasteiger partial charge on any atom is -0.183 e. The molecule has 23 heavy (non-hydrogen) atoms. The maximum atomic E-state index is 6.21. The molecule has 22 heteroatoms. The molecule has 0 aliphatic heterocycles. The first-order chi connectivity index (χ1) is 11.4. The van der Waals surface area contributed by atoms with E-state index < -0.39 is 0 Å². The second-order valence-corrected chi connectivity index (χ2v) is 2.00. The van der Waals surface area contributed by atoms with Gasteiger partial charge in [0.2, 0.25) is 0 Å². The smallest absolute Gasteiger partial charge is 0.0510 e. The predicted octanol–water partition coefficient (Wildman–Crippen LogP) is 4.32. The predicted molar refractivity (Wildman–Crippen MR) is 59.6 cm³/mol. The van der Waals surface area contributed by atoms with Gasteiger partial charge in [-0.2, -0.15) is 10.6 Å². The lowest BCUT2D eigenvalue weighted by molar-refractivity contribution is 0.735. The van der Waals surface area contributed by atoms with Crippen LogP contribution in [0.25, 0.3) is 0 Å². The molecule has 0 atom stereocenters. The molecule has 0 bridgehead atoms. The van der Waals surface area contributed by atoms with Crippen LogP contribution in [0.2, 0.25) is 0 Å². The van der Waals surface area contributed by atoms with Gasteiger partial charge >= 0.3 is 0 Å². The Hall–Kier alpha value is -4.40. The monoisotopic (exact) mass is 324 g/mol. The van der Waals surface area contributed by atoms with E-state index in [9.17, 15) is 0 Å². The van der Waals surface area contributed by atoms with Gasteiger partial charge in [0, 0.05) is 20.9 Å². The van der Waals surface area contributed by atoms with Gasteiger partial charge in [0.05, 0.1) is 7.05 Å². The highest BCUT2D eigenvalue weighted by Gasteiger charge is 1.71. The summed E-state index contributed by atoms with van der Waals surface area (Å²) in [6.07, 6.45) is 0. The van der Waals surface area contributed by atoms with Gasteiger partial charge in [-0.15, -0.1) is 0 Å². The molecule has 0 rings (SSSR count). The van der Waals surface area contributed by atoms with Gasteiger partial charge in [-0.05, 0) is 83.6 Å². The molecule has 0 amide bonds. The second kappa shape index (κ2) is 17.6. The maximum absolute atomic E-state index is 6.21. The molecule has 0 saturated heterocycles. The lowest BCUT2D eigenvalue weighted by Crippen LogP contribution is -1.51. The van der Waals surface area contributed by atoms with Crippen molar-refractivity contribution < 1.29 is 0 Å². The van der Waals surface area contributed by atoms with Crippen molar-refractivity contribution in [2.24, 2.45) is 110 Å². The summed E-state index contributed by atoms with van der Waals surface area (Å²) >= 11 is 0. The van der Waals surface area contributed by atoms with Crippen LogP contribution in [-0.4, -0.2) is 7.05 Å². The van der Waals surface area contributed by atoms with Gasteiger partial charge in [0.15, 0.2) is 0 Å². The van der Waals surface area contributed by atoms with Crippen molar-refractivity contribution in [1.29, 1.82) is 5.53 Å². The average molecular weight is 324 g/mol. The highest BCUT2D eigenvalue weighted by Crippen LogP contribution is 1.89. The van der Waals surface area contributed by atoms with E-state index in [0.29, 0.717) is 0 Å². The summed E-state index contributed by atoms with van der Waals surface area (Å²) in [7, 11) is 1.39. The van der Waals surface area contributed by atoms with Crippen LogP contribution in [0, 0.1) is 5.53 Å². The molecule has 22 nitrogen and oxygen atoms in total. The minimum atomic E-state index is 1.39. The van der Waals surface area contributed by atoms with E-state index in [1.807, 2.05) is 0 Å². The van der Waals surface area contributed by atoms with Crippen LogP contribution in [0.5, 0.6) is 0 Å². The fourth-order valence-corrected chi connectivity index (χ4v) is 0.364. The van der Waals surface area contributed by atoms with Gasteiger partial charge in [0.1, 0.15) is 0 Å². The van der Waals surface area contributed by atoms with Crippen LogP contribution < -0.4 is 0 Å². The molecule has 0 aromatic heterocycles. The van der Waals surface area contributed by atoms with Gasteiger partial charge < -0.3 is 0 Å². The molecule has 1 N–H and O–H groups in total. The summed E-state index contributed by atoms with van der Waals surface area (Å²) in [5, 5.41) is 62.4. The average Bonchev–Trinajstić information content (AvgIpc) is 2.57. The van der Waals surface area contributed by atoms with Gasteiger partial charge in [-0.1, -0.05) is 0 Å². The molecule has 0 aliphatic carbocycles. The van der Waals surface area contributed by atoms with Crippen LogP contribution >= 0.6 is 0 Å². The van der Waals surface area contributed by atoms with E-state index in [4.69, 9.17) is 5.53 Å². The Labute approximate surface area is 123 Å². The van der Waals surface area contributed by atoms with E-state index in [1.165, 1.54) is 7.05 Å². The topological polar surface area (TPSA) is 283 Å². The molecule has 118 valence electrons. The molecule has 0 aliphatic rings. The van der Waals surface area contributed by atoms with E-state index in [0.717, 1.165) is 0 Å². The molecule has 0 spiro atoms. The Morgan fingerprint density at radius 1 is 0.348 bits per heavy atom. The van der Waals surface area contributed by atoms with Crippen LogP contribution in [0.15, 0.2) is 110 Å². The van der Waals surface area contributed by atoms with E-state index in [-0.39, 0.29) is 0 Å². The van der Waals surface area contributed by atoms with Gasteiger partial charge in [-0.3, -0.25) is 0 Å². The number of nitrogens with one attached hydrogen (secondary N) is 1. The van der Waals surface area contributed by atoms with E-state index in [2.05, 4.69) is 110 Å². The molecule has 0 heterocycles. The van der Waals surface area contributed by atoms with Crippen LogP contribution in [-0.2, 0) is 0 Å². The van der Waals surface area contributed by atoms with Crippen LogP contribution in [0.4, 0.5) is 0 Å². The summed E-state index contributed by atoms with van der Waals surface area (Å²) < 4.78 is 0. The fourth-order valence-electron chi connectivity index (χ4n) is 0.364. The summed E-state index contributed by atoms with van der Waals surface area (Å²) in [4.78, 5) is 0. The summed E-state index contributed by atoms with van der Waals surface area (Å²) in [6.45, 7) is 0. The Morgan fingerprint density at radius 3 is 0.783 bits per heavy atom. The van der Waals surface area contributed by atoms with Crippen molar-refractivity contribution in [3.8, 4) is 0 Å². The van der Waals surface area contributed by atoms with Crippen LogP contribution in [0.1, 0.15) is 0 Å². The Kier molecular flexibility index (Phi) is 14.2. The fraction of sp³-hybridized carbons (Fsp3) is 1.00. The first-order valence-corrected chi connectivity index (χ1v) is 4.67. The normalized spacial score (nSPS) is 14.5. The van der Waals surface area contributed by atoms with Crippen molar-refractivity contribution in [2.75, 3.05) is 7.05 Å². The van der Waals surface area contributed by atoms with Crippen LogP contribution in [0.3, 0.4) is 0 Å². The zero-order valence-corrected chi connectivity index (χ0v) is 10.9. The quantitative estimate of drug-likeness (QED) is 0.433. The second-order valence-electron chi connectivity index (χ2n) is 2.00. The first-order valence-electron chi connectivity index (χ1n) is 4.67. The van der Waals surface area contributed by atoms with Gasteiger partial charge in [-0.25, -0.2) is 0 Å². The van der Waals surface area contributed by atoms with Crippen molar-refractivity contribution >= 4 is 0 Å². The lowest BCUT2D eigenvalue weighted by Gasteiger charge is -1.69. The summed E-state index contributed by atoms with van der Waals surface area (Å²) in [5.74, 6) is 0. The Balaban J connectivity index is 3.90. The summed E-state index contributed by atoms with van der Waals surface area (Å²) in [6, 6.07) is 0. The number of nitrogens with zero attached hydrogens (tertiary/aromatic N) is 21. The molecule has 0 aromatic rings. The van der Waals surface area contributed by atoms with Crippen molar-refractivity contribution in [2.45, 2.75) is 0 Å². The van der Waals surface area contributed by atoms with E-state index in [1.54, 1.807) is 0 Å². The molecule has 0 fully saturated rings. The lowest BCUT2D eigenvalue weighted by atomic mass is 11.6. The van der Waals surface area contributed by atoms with Crippen molar-refractivity contribution in [3.05, 3.63) is 0 Å². The maximum Gasteiger partial charge on any atom is 0.0510 e. The third-order valence-electron chi connectivity index (χ3n) is 0.854. The molecule has 0 unspecified atom stereocenters. The first kappa shape index (κ1) is 18.6. The van der Waals surface area contributed by atoms with Crippen molar-refractivity contribution in [1.82, 2.24) is 0 Å². The number of rotatable bonds is 10.